The molecule has 0 radical (unpaired) electrons. The van der Waals surface area contributed by atoms with Crippen molar-refractivity contribution in [2.24, 2.45) is 0 Å². The van der Waals surface area contributed by atoms with Gasteiger partial charge in [0.1, 0.15) is 5.82 Å². The highest BCUT2D eigenvalue weighted by molar-refractivity contribution is 7.13. The van der Waals surface area contributed by atoms with Gasteiger partial charge in [-0.25, -0.2) is 14.8 Å². The molecule has 1 saturated heterocycles. The molecule has 1 aliphatic rings. The molecule has 0 unspecified atom stereocenters. The van der Waals surface area contributed by atoms with Gasteiger partial charge in [-0.3, -0.25) is 10.1 Å². The number of carbonyl (C=O) groups is 2. The number of hydrogen-bond donors (Lipinski definition) is 2. The molecule has 1 aliphatic heterocycles. The topological polar surface area (TPSA) is 90.5 Å². The molecular weight excluding hydrogens is 448 g/mol. The molecule has 32 heavy (non-hydrogen) atoms. The van der Waals surface area contributed by atoms with E-state index in [2.05, 4.69) is 25.5 Å². The quantitative estimate of drug-likeness (QED) is 0.587. The van der Waals surface area contributed by atoms with Crippen LogP contribution in [-0.4, -0.2) is 53.0 Å². The summed E-state index contributed by atoms with van der Waals surface area (Å²) in [5.74, 6) is 0.729. The number of rotatable bonds is 5. The van der Waals surface area contributed by atoms with Crippen LogP contribution < -0.4 is 15.5 Å². The van der Waals surface area contributed by atoms with Crippen molar-refractivity contribution in [3.8, 4) is 0 Å². The van der Waals surface area contributed by atoms with E-state index in [1.54, 1.807) is 34.7 Å². The van der Waals surface area contributed by atoms with Gasteiger partial charge in [0.2, 0.25) is 5.91 Å². The second-order valence-corrected chi connectivity index (χ2v) is 8.64. The van der Waals surface area contributed by atoms with E-state index in [-0.39, 0.29) is 18.4 Å². The number of pyridine rings is 1. The Morgan fingerprint density at radius 1 is 1.09 bits per heavy atom. The van der Waals surface area contributed by atoms with Crippen LogP contribution in [0.1, 0.15) is 11.3 Å². The Balaban J connectivity index is 1.27. The Hall–Kier alpha value is -3.17. The van der Waals surface area contributed by atoms with Crippen molar-refractivity contribution >= 4 is 51.5 Å². The Kier molecular flexibility index (Phi) is 6.87. The third kappa shape index (κ3) is 5.35. The molecule has 0 saturated carbocycles. The van der Waals surface area contributed by atoms with E-state index >= 15 is 0 Å². The number of thiazole rings is 1. The summed E-state index contributed by atoms with van der Waals surface area (Å²) in [5.41, 5.74) is 2.09. The summed E-state index contributed by atoms with van der Waals surface area (Å²) in [5, 5.41) is 8.54. The lowest BCUT2D eigenvalue weighted by Gasteiger charge is -2.35. The van der Waals surface area contributed by atoms with Crippen molar-refractivity contribution < 1.29 is 9.59 Å². The van der Waals surface area contributed by atoms with Crippen molar-refractivity contribution in [2.75, 3.05) is 41.7 Å². The lowest BCUT2D eigenvalue weighted by atomic mass is 10.2. The van der Waals surface area contributed by atoms with Gasteiger partial charge in [-0.05, 0) is 36.8 Å². The number of carbonyl (C=O) groups excluding carboxylic acids is 2. The number of nitrogens with one attached hydrogen (secondary N) is 2. The molecule has 3 aromatic rings. The van der Waals surface area contributed by atoms with E-state index in [4.69, 9.17) is 11.6 Å². The van der Waals surface area contributed by atoms with Gasteiger partial charge in [0.25, 0.3) is 0 Å². The van der Waals surface area contributed by atoms with E-state index in [9.17, 15) is 9.59 Å². The zero-order valence-corrected chi connectivity index (χ0v) is 19.1. The number of benzene rings is 1. The fourth-order valence-electron chi connectivity index (χ4n) is 3.40. The zero-order valence-electron chi connectivity index (χ0n) is 17.5. The predicted molar refractivity (Wildman–Crippen MR) is 128 cm³/mol. The van der Waals surface area contributed by atoms with Crippen molar-refractivity contribution in [3.63, 3.8) is 0 Å². The number of aromatic nitrogens is 2. The number of hydrogen-bond acceptors (Lipinski definition) is 6. The summed E-state index contributed by atoms with van der Waals surface area (Å²) in [6.07, 6.45) is 1.88. The SMILES string of the molecule is Cc1c(Cl)cccc1NC(=O)Cc1csc(NC(=O)N2CCN(c3ccccn3)CC2)n1. The van der Waals surface area contributed by atoms with Crippen molar-refractivity contribution in [3.05, 3.63) is 64.3 Å². The van der Waals surface area contributed by atoms with Gasteiger partial charge in [-0.15, -0.1) is 11.3 Å². The van der Waals surface area contributed by atoms with Gasteiger partial charge in [0.15, 0.2) is 5.13 Å². The minimum absolute atomic E-state index is 0.112. The van der Waals surface area contributed by atoms with Crippen LogP contribution in [0, 0.1) is 6.92 Å². The fraction of sp³-hybridized carbons (Fsp3) is 0.273. The number of amides is 3. The molecule has 2 aromatic heterocycles. The van der Waals surface area contributed by atoms with Crippen molar-refractivity contribution in [1.29, 1.82) is 0 Å². The van der Waals surface area contributed by atoms with Crippen LogP contribution in [0.3, 0.4) is 0 Å². The number of piperazine rings is 1. The molecule has 10 heteroatoms. The molecule has 0 spiro atoms. The van der Waals surface area contributed by atoms with Crippen molar-refractivity contribution in [1.82, 2.24) is 14.9 Å². The number of halogens is 1. The average Bonchev–Trinajstić information content (AvgIpc) is 3.24. The Morgan fingerprint density at radius 3 is 2.66 bits per heavy atom. The molecule has 8 nitrogen and oxygen atoms in total. The molecule has 0 aliphatic carbocycles. The Bertz CT molecular complexity index is 1100. The predicted octanol–water partition coefficient (Wildman–Crippen LogP) is 4.04. The van der Waals surface area contributed by atoms with Crippen LogP contribution in [0.2, 0.25) is 5.02 Å². The average molecular weight is 471 g/mol. The van der Waals surface area contributed by atoms with Gasteiger partial charge in [-0.2, -0.15) is 0 Å². The second kappa shape index (κ2) is 9.97. The van der Waals surface area contributed by atoms with E-state index in [1.165, 1.54) is 11.3 Å². The standard InChI is InChI=1S/C22H23ClN6O2S/c1-15-17(23)5-4-6-18(15)26-20(30)13-16-14-32-21(25-16)27-22(31)29-11-9-28(10-12-29)19-7-2-3-8-24-19/h2-8,14H,9-13H2,1H3,(H,26,30)(H,25,27,31). The highest BCUT2D eigenvalue weighted by Crippen LogP contribution is 2.23. The summed E-state index contributed by atoms with van der Waals surface area (Å²) < 4.78 is 0. The van der Waals surface area contributed by atoms with Crippen LogP contribution in [0.4, 0.5) is 21.4 Å². The minimum atomic E-state index is -0.191. The third-order valence-electron chi connectivity index (χ3n) is 5.19. The van der Waals surface area contributed by atoms with E-state index in [0.717, 1.165) is 24.5 Å². The molecule has 1 fully saturated rings. The first kappa shape index (κ1) is 22.0. The fourth-order valence-corrected chi connectivity index (χ4v) is 4.27. The molecule has 3 amide bonds. The summed E-state index contributed by atoms with van der Waals surface area (Å²) in [7, 11) is 0. The largest absolute Gasteiger partial charge is 0.353 e. The van der Waals surface area contributed by atoms with Gasteiger partial charge in [0, 0.05) is 48.5 Å². The molecular formula is C22H23ClN6O2S. The normalized spacial score (nSPS) is 13.7. The van der Waals surface area contributed by atoms with Gasteiger partial charge in [0.05, 0.1) is 12.1 Å². The van der Waals surface area contributed by atoms with Crippen LogP contribution in [0.5, 0.6) is 0 Å². The van der Waals surface area contributed by atoms with Crippen LogP contribution in [0.25, 0.3) is 0 Å². The summed E-state index contributed by atoms with van der Waals surface area (Å²) >= 11 is 7.40. The lowest BCUT2D eigenvalue weighted by Crippen LogP contribution is -2.50. The Labute approximate surface area is 195 Å². The van der Waals surface area contributed by atoms with Gasteiger partial charge >= 0.3 is 6.03 Å². The minimum Gasteiger partial charge on any atom is -0.353 e. The maximum absolute atomic E-state index is 12.6. The third-order valence-corrected chi connectivity index (χ3v) is 6.41. The number of anilines is 3. The highest BCUT2D eigenvalue weighted by atomic mass is 35.5. The number of urea groups is 1. The number of nitrogens with zero attached hydrogens (tertiary/aromatic N) is 4. The van der Waals surface area contributed by atoms with E-state index in [0.29, 0.717) is 34.6 Å². The summed E-state index contributed by atoms with van der Waals surface area (Å²) in [4.78, 5) is 37.6. The first-order chi connectivity index (χ1) is 15.5. The maximum atomic E-state index is 12.6. The molecule has 166 valence electrons. The highest BCUT2D eigenvalue weighted by Gasteiger charge is 2.22. The van der Waals surface area contributed by atoms with Gasteiger partial charge in [-0.1, -0.05) is 23.7 Å². The summed E-state index contributed by atoms with van der Waals surface area (Å²) in [6, 6.07) is 11.0. The first-order valence-electron chi connectivity index (χ1n) is 10.2. The van der Waals surface area contributed by atoms with Crippen molar-refractivity contribution in [2.45, 2.75) is 13.3 Å². The lowest BCUT2D eigenvalue weighted by molar-refractivity contribution is -0.115. The van der Waals surface area contributed by atoms with Crippen LogP contribution in [0.15, 0.2) is 48.0 Å². The Morgan fingerprint density at radius 2 is 1.91 bits per heavy atom. The smallest absolute Gasteiger partial charge is 0.323 e. The zero-order chi connectivity index (χ0) is 22.5. The molecule has 1 aromatic carbocycles. The first-order valence-corrected chi connectivity index (χ1v) is 11.5. The molecule has 0 atom stereocenters. The van der Waals surface area contributed by atoms with Crippen LogP contribution in [-0.2, 0) is 11.2 Å². The molecule has 0 bridgehead atoms. The van der Waals surface area contributed by atoms with Gasteiger partial charge < -0.3 is 15.1 Å². The molecule has 2 N–H and O–H groups in total. The van der Waals surface area contributed by atoms with E-state index < -0.39 is 0 Å². The summed E-state index contributed by atoms with van der Waals surface area (Å²) in [6.45, 7) is 4.49. The van der Waals surface area contributed by atoms with Crippen LogP contribution >= 0.6 is 22.9 Å². The monoisotopic (exact) mass is 470 g/mol. The maximum Gasteiger partial charge on any atom is 0.323 e. The second-order valence-electron chi connectivity index (χ2n) is 7.37. The van der Waals surface area contributed by atoms with E-state index in [1.807, 2.05) is 25.1 Å². The molecule has 3 heterocycles. The molecule has 4 rings (SSSR count).